The molecule has 2 aromatic carbocycles. The second kappa shape index (κ2) is 7.57. The lowest BCUT2D eigenvalue weighted by Crippen LogP contribution is -2.30. The number of hydrogen-bond acceptors (Lipinski definition) is 3. The van der Waals surface area contributed by atoms with Crippen molar-refractivity contribution in [1.29, 1.82) is 0 Å². The number of aliphatic hydroxyl groups is 2. The van der Waals surface area contributed by atoms with Gasteiger partial charge in [-0.15, -0.1) is 0 Å². The highest BCUT2D eigenvalue weighted by Crippen LogP contribution is 2.16. The Morgan fingerprint density at radius 3 is 2.00 bits per heavy atom. The first kappa shape index (κ1) is 15.2. The summed E-state index contributed by atoms with van der Waals surface area (Å²) >= 11 is 0. The highest BCUT2D eigenvalue weighted by Gasteiger charge is 2.16. The van der Waals surface area contributed by atoms with Crippen LogP contribution in [0.4, 0.5) is 0 Å². The number of benzene rings is 2. The van der Waals surface area contributed by atoms with E-state index in [1.54, 1.807) is 24.3 Å². The number of nitrogens with one attached hydrogen (secondary N) is 1. The van der Waals surface area contributed by atoms with Gasteiger partial charge in [-0.1, -0.05) is 60.7 Å². The van der Waals surface area contributed by atoms with Gasteiger partial charge in [0.25, 0.3) is 5.91 Å². The monoisotopic (exact) mass is 285 g/mol. The summed E-state index contributed by atoms with van der Waals surface area (Å²) in [7, 11) is 0. The molecule has 2 aromatic rings. The standard InChI is InChI=1S/C17H19NO3/c19-15(13-7-3-1-4-8-13)11-12-18-17(21)16(20)14-9-5-2-6-10-14/h1-10,15-16,19-20H,11-12H2,(H,18,21). The van der Waals surface area contributed by atoms with Crippen molar-refractivity contribution in [2.75, 3.05) is 6.54 Å². The molecule has 2 unspecified atom stereocenters. The summed E-state index contributed by atoms with van der Waals surface area (Å²) in [5.74, 6) is -0.457. The van der Waals surface area contributed by atoms with Gasteiger partial charge in [-0.2, -0.15) is 0 Å². The maximum atomic E-state index is 11.8. The second-order valence-corrected chi connectivity index (χ2v) is 4.82. The molecule has 0 aliphatic rings. The highest BCUT2D eigenvalue weighted by molar-refractivity contribution is 5.81. The molecule has 0 spiro atoms. The van der Waals surface area contributed by atoms with Crippen LogP contribution in [0.15, 0.2) is 60.7 Å². The van der Waals surface area contributed by atoms with Crippen molar-refractivity contribution >= 4 is 5.91 Å². The Morgan fingerprint density at radius 1 is 0.905 bits per heavy atom. The molecule has 2 rings (SSSR count). The van der Waals surface area contributed by atoms with Crippen molar-refractivity contribution < 1.29 is 15.0 Å². The van der Waals surface area contributed by atoms with Gasteiger partial charge in [0.15, 0.2) is 6.10 Å². The lowest BCUT2D eigenvalue weighted by molar-refractivity contribution is -0.129. The Hall–Kier alpha value is -2.17. The van der Waals surface area contributed by atoms with Crippen molar-refractivity contribution in [2.45, 2.75) is 18.6 Å². The van der Waals surface area contributed by atoms with Crippen LogP contribution >= 0.6 is 0 Å². The molecule has 0 bridgehead atoms. The minimum absolute atomic E-state index is 0.304. The number of rotatable bonds is 6. The maximum Gasteiger partial charge on any atom is 0.253 e. The van der Waals surface area contributed by atoms with E-state index >= 15 is 0 Å². The van der Waals surface area contributed by atoms with E-state index in [1.807, 2.05) is 36.4 Å². The van der Waals surface area contributed by atoms with Crippen molar-refractivity contribution in [2.24, 2.45) is 0 Å². The van der Waals surface area contributed by atoms with Crippen LogP contribution in [0.1, 0.15) is 29.8 Å². The van der Waals surface area contributed by atoms with Gasteiger partial charge in [0.05, 0.1) is 6.10 Å². The molecule has 0 heterocycles. The first-order valence-electron chi connectivity index (χ1n) is 6.92. The maximum absolute atomic E-state index is 11.8. The molecule has 0 fully saturated rings. The molecule has 2 atom stereocenters. The summed E-state index contributed by atoms with van der Waals surface area (Å²) in [6.45, 7) is 0.304. The zero-order chi connectivity index (χ0) is 15.1. The summed E-state index contributed by atoms with van der Waals surface area (Å²) < 4.78 is 0. The molecule has 3 N–H and O–H groups in total. The van der Waals surface area contributed by atoms with Gasteiger partial charge in [-0.05, 0) is 17.5 Å². The Balaban J connectivity index is 1.79. The van der Waals surface area contributed by atoms with E-state index in [-0.39, 0.29) is 0 Å². The first-order chi connectivity index (χ1) is 10.2. The fraction of sp³-hybridized carbons (Fsp3) is 0.235. The molecule has 0 aliphatic carbocycles. The largest absolute Gasteiger partial charge is 0.388 e. The zero-order valence-electron chi connectivity index (χ0n) is 11.6. The SMILES string of the molecule is O=C(NCCC(O)c1ccccc1)C(O)c1ccccc1. The Labute approximate surface area is 124 Å². The molecular formula is C17H19NO3. The number of aliphatic hydroxyl groups excluding tert-OH is 2. The normalized spacial score (nSPS) is 13.4. The summed E-state index contributed by atoms with van der Waals surface area (Å²) in [4.78, 5) is 11.8. The van der Waals surface area contributed by atoms with Gasteiger partial charge in [-0.25, -0.2) is 0 Å². The van der Waals surface area contributed by atoms with Gasteiger partial charge in [0, 0.05) is 6.54 Å². The molecular weight excluding hydrogens is 266 g/mol. The number of hydrogen-bond donors (Lipinski definition) is 3. The predicted octanol–water partition coefficient (Wildman–Crippen LogP) is 1.96. The van der Waals surface area contributed by atoms with Crippen LogP contribution in [0.2, 0.25) is 0 Å². The molecule has 0 saturated carbocycles. The van der Waals surface area contributed by atoms with Crippen LogP contribution < -0.4 is 5.32 Å². The van der Waals surface area contributed by atoms with E-state index < -0.39 is 18.1 Å². The van der Waals surface area contributed by atoms with Crippen LogP contribution in [0.25, 0.3) is 0 Å². The van der Waals surface area contributed by atoms with E-state index in [2.05, 4.69) is 5.32 Å². The fourth-order valence-corrected chi connectivity index (χ4v) is 2.06. The summed E-state index contributed by atoms with van der Waals surface area (Å²) in [6.07, 6.45) is -1.41. The van der Waals surface area contributed by atoms with E-state index in [0.717, 1.165) is 5.56 Å². The summed E-state index contributed by atoms with van der Waals surface area (Å²) in [6, 6.07) is 18.0. The molecule has 0 aromatic heterocycles. The van der Waals surface area contributed by atoms with Crippen LogP contribution in [-0.2, 0) is 4.79 Å². The van der Waals surface area contributed by atoms with Crippen molar-refractivity contribution in [3.05, 3.63) is 71.8 Å². The quantitative estimate of drug-likeness (QED) is 0.760. The average Bonchev–Trinajstić information content (AvgIpc) is 2.55. The van der Waals surface area contributed by atoms with Crippen LogP contribution in [0.5, 0.6) is 0 Å². The van der Waals surface area contributed by atoms with Gasteiger partial charge in [0.2, 0.25) is 0 Å². The van der Waals surface area contributed by atoms with Gasteiger partial charge < -0.3 is 15.5 Å². The van der Waals surface area contributed by atoms with E-state index in [0.29, 0.717) is 18.5 Å². The molecule has 0 radical (unpaired) electrons. The van der Waals surface area contributed by atoms with Crippen LogP contribution in [0, 0.1) is 0 Å². The molecule has 21 heavy (non-hydrogen) atoms. The highest BCUT2D eigenvalue weighted by atomic mass is 16.3. The topological polar surface area (TPSA) is 69.6 Å². The average molecular weight is 285 g/mol. The summed E-state index contributed by atoms with van der Waals surface area (Å²) in [5.41, 5.74) is 1.37. The number of carbonyl (C=O) groups is 1. The molecule has 110 valence electrons. The van der Waals surface area contributed by atoms with Gasteiger partial charge in [-0.3, -0.25) is 4.79 Å². The third kappa shape index (κ3) is 4.41. The number of carbonyl (C=O) groups excluding carboxylic acids is 1. The fourth-order valence-electron chi connectivity index (χ4n) is 2.06. The second-order valence-electron chi connectivity index (χ2n) is 4.82. The van der Waals surface area contributed by atoms with Crippen molar-refractivity contribution in [3.8, 4) is 0 Å². The molecule has 1 amide bonds. The number of amides is 1. The van der Waals surface area contributed by atoms with Crippen LogP contribution in [0.3, 0.4) is 0 Å². The van der Waals surface area contributed by atoms with Gasteiger partial charge in [0.1, 0.15) is 0 Å². The molecule has 0 aliphatic heterocycles. The lowest BCUT2D eigenvalue weighted by Gasteiger charge is -2.14. The molecule has 4 heteroatoms. The Morgan fingerprint density at radius 2 is 1.43 bits per heavy atom. The first-order valence-corrected chi connectivity index (χ1v) is 6.92. The van der Waals surface area contributed by atoms with Gasteiger partial charge >= 0.3 is 0 Å². The summed E-state index contributed by atoms with van der Waals surface area (Å²) in [5, 5.41) is 22.5. The minimum Gasteiger partial charge on any atom is -0.388 e. The third-order valence-corrected chi connectivity index (χ3v) is 3.27. The molecule has 4 nitrogen and oxygen atoms in total. The van der Waals surface area contributed by atoms with Crippen molar-refractivity contribution in [3.63, 3.8) is 0 Å². The minimum atomic E-state index is -1.18. The smallest absolute Gasteiger partial charge is 0.253 e. The molecule has 0 saturated heterocycles. The Bertz CT molecular complexity index is 557. The van der Waals surface area contributed by atoms with E-state index in [4.69, 9.17) is 0 Å². The Kier molecular flexibility index (Phi) is 5.49. The van der Waals surface area contributed by atoms with Crippen LogP contribution in [-0.4, -0.2) is 22.7 Å². The van der Waals surface area contributed by atoms with Crippen molar-refractivity contribution in [1.82, 2.24) is 5.32 Å². The predicted molar refractivity (Wildman–Crippen MR) is 80.4 cm³/mol. The van der Waals surface area contributed by atoms with E-state index in [1.165, 1.54) is 0 Å². The van der Waals surface area contributed by atoms with E-state index in [9.17, 15) is 15.0 Å². The third-order valence-electron chi connectivity index (χ3n) is 3.27. The zero-order valence-corrected chi connectivity index (χ0v) is 11.6. The lowest BCUT2D eigenvalue weighted by atomic mass is 10.1.